The van der Waals surface area contributed by atoms with Crippen LogP contribution in [0, 0.1) is 11.8 Å². The van der Waals surface area contributed by atoms with Gasteiger partial charge in [0.2, 0.25) is 0 Å². The minimum absolute atomic E-state index is 0.0439. The van der Waals surface area contributed by atoms with Gasteiger partial charge in [0, 0.05) is 12.1 Å². The van der Waals surface area contributed by atoms with E-state index in [1.54, 1.807) is 6.92 Å². The minimum atomic E-state index is -0.477. The summed E-state index contributed by atoms with van der Waals surface area (Å²) in [6.45, 7) is 6.38. The molecular weight excluding hydrogens is 234 g/mol. The van der Waals surface area contributed by atoms with Crippen molar-refractivity contribution in [2.24, 2.45) is 11.8 Å². The van der Waals surface area contributed by atoms with Gasteiger partial charge in [-0.15, -0.1) is 0 Å². The molecule has 0 bridgehead atoms. The van der Waals surface area contributed by atoms with Crippen molar-refractivity contribution in [2.45, 2.75) is 45.4 Å². The Kier molecular flexibility index (Phi) is 5.14. The average molecular weight is 257 g/mol. The number of hydrogen-bond donors (Lipinski definition) is 0. The molecule has 0 aromatic carbocycles. The van der Waals surface area contributed by atoms with Gasteiger partial charge < -0.3 is 9.47 Å². The van der Waals surface area contributed by atoms with Crippen LogP contribution in [0.5, 0.6) is 0 Å². The third-order valence-corrected chi connectivity index (χ3v) is 4.08. The van der Waals surface area contributed by atoms with Crippen molar-refractivity contribution in [3.63, 3.8) is 0 Å². The molecule has 5 atom stereocenters. The SMILES string of the molecule is COC(=O)[C@@H]([C@H](C)OC=O)[C@H]1C(C)C[C@H](C)N1C. The highest BCUT2D eigenvalue weighted by Gasteiger charge is 2.45. The molecule has 5 heteroatoms. The summed E-state index contributed by atoms with van der Waals surface area (Å²) in [6.07, 6.45) is 0.554. The topological polar surface area (TPSA) is 55.8 Å². The van der Waals surface area contributed by atoms with Crippen molar-refractivity contribution in [1.29, 1.82) is 0 Å². The molecule has 104 valence electrons. The Balaban J connectivity index is 2.95. The van der Waals surface area contributed by atoms with Gasteiger partial charge >= 0.3 is 5.97 Å². The highest BCUT2D eigenvalue weighted by molar-refractivity contribution is 5.74. The number of carbonyl (C=O) groups excluding carboxylic acids is 2. The van der Waals surface area contributed by atoms with Crippen LogP contribution in [0.3, 0.4) is 0 Å². The zero-order valence-corrected chi connectivity index (χ0v) is 11.8. The van der Waals surface area contributed by atoms with Crippen LogP contribution >= 0.6 is 0 Å². The molecule has 0 amide bonds. The Labute approximate surface area is 108 Å². The van der Waals surface area contributed by atoms with E-state index in [1.165, 1.54) is 7.11 Å². The summed E-state index contributed by atoms with van der Waals surface area (Å²) in [6, 6.07) is 0.461. The third-order valence-electron chi connectivity index (χ3n) is 4.08. The van der Waals surface area contributed by atoms with Gasteiger partial charge in [-0.25, -0.2) is 0 Å². The number of rotatable bonds is 5. The monoisotopic (exact) mass is 257 g/mol. The second-order valence-corrected chi connectivity index (χ2v) is 5.20. The van der Waals surface area contributed by atoms with Gasteiger partial charge in [0.15, 0.2) is 0 Å². The van der Waals surface area contributed by atoms with E-state index in [9.17, 15) is 9.59 Å². The molecule has 1 heterocycles. The standard InChI is InChI=1S/C13H23NO4/c1-8-6-9(2)14(4)12(8)11(13(16)17-5)10(3)18-7-15/h7-12H,6H2,1-5H3/t8?,9-,10-,11-,12+/m0/s1. The summed E-state index contributed by atoms with van der Waals surface area (Å²) in [4.78, 5) is 24.6. The number of hydrogen-bond acceptors (Lipinski definition) is 5. The van der Waals surface area contributed by atoms with Crippen LogP contribution in [0.4, 0.5) is 0 Å². The molecular formula is C13H23NO4. The molecule has 1 saturated heterocycles. The molecule has 1 rings (SSSR count). The number of ether oxygens (including phenoxy) is 2. The second-order valence-electron chi connectivity index (χ2n) is 5.20. The first-order valence-corrected chi connectivity index (χ1v) is 6.32. The Morgan fingerprint density at radius 3 is 2.44 bits per heavy atom. The van der Waals surface area contributed by atoms with Crippen LogP contribution in [0.2, 0.25) is 0 Å². The molecule has 0 saturated carbocycles. The Bertz CT molecular complexity index is 307. The predicted octanol–water partition coefficient (Wildman–Crippen LogP) is 1.07. The Hall–Kier alpha value is -1.10. The first-order valence-electron chi connectivity index (χ1n) is 6.32. The van der Waals surface area contributed by atoms with Crippen molar-refractivity contribution >= 4 is 12.4 Å². The summed E-state index contributed by atoms with van der Waals surface area (Å²) in [5.74, 6) is -0.390. The molecule has 18 heavy (non-hydrogen) atoms. The van der Waals surface area contributed by atoms with Gasteiger partial charge in [-0.2, -0.15) is 0 Å². The van der Waals surface area contributed by atoms with Crippen LogP contribution in [-0.2, 0) is 19.1 Å². The molecule has 0 spiro atoms. The number of methoxy groups -OCH3 is 1. The predicted molar refractivity (Wildman–Crippen MR) is 66.9 cm³/mol. The maximum atomic E-state index is 12.0. The summed E-state index contributed by atoms with van der Waals surface area (Å²) >= 11 is 0. The van der Waals surface area contributed by atoms with E-state index in [0.717, 1.165) is 6.42 Å². The van der Waals surface area contributed by atoms with E-state index in [0.29, 0.717) is 18.4 Å². The molecule has 0 N–H and O–H groups in total. The van der Waals surface area contributed by atoms with Crippen LogP contribution in [0.25, 0.3) is 0 Å². The van der Waals surface area contributed by atoms with Crippen molar-refractivity contribution in [2.75, 3.05) is 14.2 Å². The normalized spacial score (nSPS) is 31.7. The van der Waals surface area contributed by atoms with Crippen molar-refractivity contribution < 1.29 is 19.1 Å². The highest BCUT2D eigenvalue weighted by Crippen LogP contribution is 2.35. The molecule has 1 aliphatic heterocycles. The lowest BCUT2D eigenvalue weighted by Gasteiger charge is -2.33. The maximum Gasteiger partial charge on any atom is 0.314 e. The first-order chi connectivity index (χ1) is 8.43. The average Bonchev–Trinajstić information content (AvgIpc) is 2.56. The van der Waals surface area contributed by atoms with E-state index >= 15 is 0 Å². The summed E-state index contributed by atoms with van der Waals surface area (Å²) in [5, 5.41) is 0. The largest absolute Gasteiger partial charge is 0.469 e. The van der Waals surface area contributed by atoms with Crippen LogP contribution in [0.1, 0.15) is 27.2 Å². The number of nitrogens with zero attached hydrogens (tertiary/aromatic N) is 1. The maximum absolute atomic E-state index is 12.0. The van der Waals surface area contributed by atoms with E-state index in [-0.39, 0.29) is 12.0 Å². The van der Waals surface area contributed by atoms with Gasteiger partial charge in [0.1, 0.15) is 12.0 Å². The van der Waals surface area contributed by atoms with Gasteiger partial charge in [-0.3, -0.25) is 14.5 Å². The second kappa shape index (κ2) is 6.18. The molecule has 0 radical (unpaired) electrons. The van der Waals surface area contributed by atoms with Gasteiger partial charge in [0.05, 0.1) is 7.11 Å². The van der Waals surface area contributed by atoms with Gasteiger partial charge in [-0.1, -0.05) is 6.92 Å². The van der Waals surface area contributed by atoms with Crippen LogP contribution in [-0.4, -0.2) is 49.7 Å². The zero-order valence-electron chi connectivity index (χ0n) is 11.8. The van der Waals surface area contributed by atoms with E-state index in [1.807, 2.05) is 7.05 Å². The molecule has 0 aliphatic carbocycles. The molecule has 5 nitrogen and oxygen atoms in total. The summed E-state index contributed by atoms with van der Waals surface area (Å²) < 4.78 is 9.83. The lowest BCUT2D eigenvalue weighted by atomic mass is 9.86. The summed E-state index contributed by atoms with van der Waals surface area (Å²) in [7, 11) is 3.37. The lowest BCUT2D eigenvalue weighted by Crippen LogP contribution is -2.47. The van der Waals surface area contributed by atoms with Crippen LogP contribution < -0.4 is 0 Å². The third kappa shape index (κ3) is 2.83. The van der Waals surface area contributed by atoms with Crippen LogP contribution in [0.15, 0.2) is 0 Å². The smallest absolute Gasteiger partial charge is 0.314 e. The van der Waals surface area contributed by atoms with Gasteiger partial charge in [0.25, 0.3) is 6.47 Å². The summed E-state index contributed by atoms with van der Waals surface area (Å²) in [5.41, 5.74) is 0. The fourth-order valence-corrected chi connectivity index (χ4v) is 3.06. The van der Waals surface area contributed by atoms with E-state index in [2.05, 4.69) is 18.7 Å². The Morgan fingerprint density at radius 1 is 1.44 bits per heavy atom. The van der Waals surface area contributed by atoms with Gasteiger partial charge in [-0.05, 0) is 33.2 Å². The van der Waals surface area contributed by atoms with E-state index in [4.69, 9.17) is 9.47 Å². The quantitative estimate of drug-likeness (QED) is 0.544. The number of likely N-dealkylation sites (tertiary alicyclic amines) is 1. The minimum Gasteiger partial charge on any atom is -0.469 e. The lowest BCUT2D eigenvalue weighted by molar-refractivity contribution is -0.157. The molecule has 1 fully saturated rings. The van der Waals surface area contributed by atoms with Crippen molar-refractivity contribution in [3.8, 4) is 0 Å². The van der Waals surface area contributed by atoms with Crippen molar-refractivity contribution in [3.05, 3.63) is 0 Å². The highest BCUT2D eigenvalue weighted by atomic mass is 16.5. The molecule has 0 aromatic heterocycles. The number of esters is 1. The first kappa shape index (κ1) is 15.0. The molecule has 1 unspecified atom stereocenters. The van der Waals surface area contributed by atoms with E-state index < -0.39 is 12.0 Å². The number of carbonyl (C=O) groups is 2. The molecule has 0 aromatic rings. The molecule has 1 aliphatic rings. The Morgan fingerprint density at radius 2 is 2.06 bits per heavy atom. The van der Waals surface area contributed by atoms with Crippen molar-refractivity contribution in [1.82, 2.24) is 4.90 Å². The fraction of sp³-hybridized carbons (Fsp3) is 0.846. The zero-order chi connectivity index (χ0) is 13.9. The fourth-order valence-electron chi connectivity index (χ4n) is 3.06.